The SMILES string of the molecule is COc1ccc(-c2nc(CN3CCNC(=O)[C@H]3c3cccc(F)c3)c(C)o2)c(OC)c1. The highest BCUT2D eigenvalue weighted by Crippen LogP contribution is 2.34. The molecule has 2 aromatic carbocycles. The molecule has 0 spiro atoms. The molecule has 0 saturated carbocycles. The van der Waals surface area contributed by atoms with E-state index in [1.807, 2.05) is 24.0 Å². The van der Waals surface area contributed by atoms with Gasteiger partial charge in [-0.1, -0.05) is 12.1 Å². The molecular formula is C23H24FN3O4. The molecule has 0 aliphatic carbocycles. The summed E-state index contributed by atoms with van der Waals surface area (Å²) < 4.78 is 30.4. The molecule has 0 radical (unpaired) electrons. The minimum absolute atomic E-state index is 0.157. The zero-order valence-electron chi connectivity index (χ0n) is 17.6. The third-order valence-electron chi connectivity index (χ3n) is 5.36. The van der Waals surface area contributed by atoms with Gasteiger partial charge in [-0.25, -0.2) is 9.37 Å². The van der Waals surface area contributed by atoms with E-state index in [1.54, 1.807) is 32.4 Å². The van der Waals surface area contributed by atoms with Gasteiger partial charge in [0, 0.05) is 25.7 Å². The van der Waals surface area contributed by atoms with Gasteiger partial charge >= 0.3 is 0 Å². The third kappa shape index (κ3) is 4.25. The summed E-state index contributed by atoms with van der Waals surface area (Å²) in [6.45, 7) is 3.35. The number of carbonyl (C=O) groups excluding carboxylic acids is 1. The number of halogens is 1. The Balaban J connectivity index is 1.64. The van der Waals surface area contributed by atoms with Crippen LogP contribution in [0.5, 0.6) is 11.5 Å². The topological polar surface area (TPSA) is 76.8 Å². The van der Waals surface area contributed by atoms with Crippen molar-refractivity contribution in [1.29, 1.82) is 0 Å². The van der Waals surface area contributed by atoms with Crippen LogP contribution >= 0.6 is 0 Å². The number of piperazine rings is 1. The maximum Gasteiger partial charge on any atom is 0.242 e. The first-order valence-corrected chi connectivity index (χ1v) is 9.96. The standard InChI is InChI=1S/C23H24FN3O4/c1-14-19(26-23(31-14)18-8-7-17(29-2)12-20(18)30-3)13-27-10-9-25-22(28)21(27)15-5-4-6-16(24)11-15/h4-8,11-12,21H,9-10,13H2,1-3H3,(H,25,28)/t21-/m1/s1. The molecule has 1 N–H and O–H groups in total. The second-order valence-corrected chi connectivity index (χ2v) is 7.31. The molecule has 162 valence electrons. The Labute approximate surface area is 179 Å². The van der Waals surface area contributed by atoms with E-state index in [0.717, 1.165) is 0 Å². The number of rotatable bonds is 6. The molecule has 1 saturated heterocycles. The number of methoxy groups -OCH3 is 2. The van der Waals surface area contributed by atoms with E-state index in [0.29, 0.717) is 59.6 Å². The molecule has 3 aromatic rings. The largest absolute Gasteiger partial charge is 0.497 e. The van der Waals surface area contributed by atoms with Crippen molar-refractivity contribution in [3.8, 4) is 23.0 Å². The number of ether oxygens (including phenoxy) is 2. The van der Waals surface area contributed by atoms with Crippen LogP contribution in [-0.2, 0) is 11.3 Å². The van der Waals surface area contributed by atoms with Crippen LogP contribution in [0.3, 0.4) is 0 Å². The van der Waals surface area contributed by atoms with E-state index in [-0.39, 0.29) is 11.7 Å². The average molecular weight is 425 g/mol. The molecule has 0 unspecified atom stereocenters. The Morgan fingerprint density at radius 1 is 1.23 bits per heavy atom. The van der Waals surface area contributed by atoms with Gasteiger partial charge < -0.3 is 19.2 Å². The Morgan fingerprint density at radius 2 is 2.06 bits per heavy atom. The lowest BCUT2D eigenvalue weighted by molar-refractivity contribution is -0.129. The van der Waals surface area contributed by atoms with Gasteiger partial charge in [0.05, 0.1) is 25.5 Å². The van der Waals surface area contributed by atoms with Gasteiger partial charge in [-0.15, -0.1) is 0 Å². The first kappa shape index (κ1) is 20.9. The quantitative estimate of drug-likeness (QED) is 0.652. The van der Waals surface area contributed by atoms with Crippen molar-refractivity contribution in [2.75, 3.05) is 27.3 Å². The monoisotopic (exact) mass is 425 g/mol. The van der Waals surface area contributed by atoms with Crippen molar-refractivity contribution in [3.05, 3.63) is 65.3 Å². The van der Waals surface area contributed by atoms with Gasteiger partial charge in [-0.3, -0.25) is 9.69 Å². The first-order valence-electron chi connectivity index (χ1n) is 9.96. The normalized spacial score (nSPS) is 16.8. The Kier molecular flexibility index (Phi) is 5.90. The second-order valence-electron chi connectivity index (χ2n) is 7.31. The van der Waals surface area contributed by atoms with E-state index < -0.39 is 6.04 Å². The molecule has 1 amide bonds. The molecule has 1 atom stereocenters. The van der Waals surface area contributed by atoms with Crippen molar-refractivity contribution in [2.24, 2.45) is 0 Å². The highest BCUT2D eigenvalue weighted by molar-refractivity contribution is 5.83. The van der Waals surface area contributed by atoms with Crippen LogP contribution in [0, 0.1) is 12.7 Å². The van der Waals surface area contributed by atoms with Gasteiger partial charge in [0.1, 0.15) is 29.1 Å². The summed E-state index contributed by atoms with van der Waals surface area (Å²) in [6.07, 6.45) is 0. The molecule has 1 fully saturated rings. The summed E-state index contributed by atoms with van der Waals surface area (Å²) in [7, 11) is 3.16. The summed E-state index contributed by atoms with van der Waals surface area (Å²) in [4.78, 5) is 19.3. The minimum atomic E-state index is -0.598. The van der Waals surface area contributed by atoms with E-state index in [4.69, 9.17) is 13.9 Å². The number of carbonyl (C=O) groups is 1. The molecule has 7 nitrogen and oxygen atoms in total. The number of benzene rings is 2. The van der Waals surface area contributed by atoms with Crippen molar-refractivity contribution in [1.82, 2.24) is 15.2 Å². The smallest absolute Gasteiger partial charge is 0.242 e. The number of aromatic nitrogens is 1. The summed E-state index contributed by atoms with van der Waals surface area (Å²) in [5.41, 5.74) is 2.02. The third-order valence-corrected chi connectivity index (χ3v) is 5.36. The summed E-state index contributed by atoms with van der Waals surface area (Å²) >= 11 is 0. The predicted molar refractivity (Wildman–Crippen MR) is 112 cm³/mol. The van der Waals surface area contributed by atoms with Crippen molar-refractivity contribution >= 4 is 5.91 Å². The van der Waals surface area contributed by atoms with Crippen molar-refractivity contribution < 1.29 is 23.1 Å². The molecule has 4 rings (SSSR count). The van der Waals surface area contributed by atoms with E-state index in [2.05, 4.69) is 10.3 Å². The van der Waals surface area contributed by atoms with Crippen LogP contribution in [0.25, 0.3) is 11.5 Å². The van der Waals surface area contributed by atoms with Crippen LogP contribution in [-0.4, -0.2) is 43.1 Å². The molecule has 2 heterocycles. The maximum atomic E-state index is 13.8. The number of oxazole rings is 1. The second kappa shape index (κ2) is 8.77. The van der Waals surface area contributed by atoms with Gasteiger partial charge in [-0.05, 0) is 36.8 Å². The van der Waals surface area contributed by atoms with Crippen molar-refractivity contribution in [2.45, 2.75) is 19.5 Å². The maximum absolute atomic E-state index is 13.8. The highest BCUT2D eigenvalue weighted by Gasteiger charge is 2.32. The van der Waals surface area contributed by atoms with Gasteiger partial charge in [0.15, 0.2) is 0 Å². The van der Waals surface area contributed by atoms with E-state index in [9.17, 15) is 9.18 Å². The Morgan fingerprint density at radius 3 is 2.81 bits per heavy atom. The van der Waals surface area contributed by atoms with Crippen LogP contribution < -0.4 is 14.8 Å². The minimum Gasteiger partial charge on any atom is -0.497 e. The fraction of sp³-hybridized carbons (Fsp3) is 0.304. The molecule has 0 bridgehead atoms. The molecular weight excluding hydrogens is 401 g/mol. The number of amides is 1. The van der Waals surface area contributed by atoms with Gasteiger partial charge in [0.25, 0.3) is 0 Å². The fourth-order valence-corrected chi connectivity index (χ4v) is 3.78. The summed E-state index contributed by atoms with van der Waals surface area (Å²) in [5.74, 6) is 1.80. The lowest BCUT2D eigenvalue weighted by Crippen LogP contribution is -2.49. The number of nitrogens with one attached hydrogen (secondary N) is 1. The number of nitrogens with zero attached hydrogens (tertiary/aromatic N) is 2. The molecule has 1 aliphatic rings. The molecule has 31 heavy (non-hydrogen) atoms. The fourth-order valence-electron chi connectivity index (χ4n) is 3.78. The van der Waals surface area contributed by atoms with Crippen LogP contribution in [0.15, 0.2) is 46.9 Å². The van der Waals surface area contributed by atoms with Crippen LogP contribution in [0.2, 0.25) is 0 Å². The average Bonchev–Trinajstić information content (AvgIpc) is 3.13. The number of hydrogen-bond donors (Lipinski definition) is 1. The predicted octanol–water partition coefficient (Wildman–Crippen LogP) is 3.48. The van der Waals surface area contributed by atoms with Crippen molar-refractivity contribution in [3.63, 3.8) is 0 Å². The van der Waals surface area contributed by atoms with E-state index >= 15 is 0 Å². The zero-order valence-corrected chi connectivity index (χ0v) is 17.6. The summed E-state index contributed by atoms with van der Waals surface area (Å²) in [5, 5.41) is 2.86. The zero-order chi connectivity index (χ0) is 22.0. The lowest BCUT2D eigenvalue weighted by atomic mass is 10.0. The Bertz CT molecular complexity index is 1100. The number of aryl methyl sites for hydroxylation is 1. The van der Waals surface area contributed by atoms with Crippen LogP contribution in [0.1, 0.15) is 23.1 Å². The van der Waals surface area contributed by atoms with Gasteiger partial charge in [0.2, 0.25) is 11.8 Å². The van der Waals surface area contributed by atoms with Crippen LogP contribution in [0.4, 0.5) is 4.39 Å². The van der Waals surface area contributed by atoms with Gasteiger partial charge in [-0.2, -0.15) is 0 Å². The summed E-state index contributed by atoms with van der Waals surface area (Å²) in [6, 6.07) is 10.9. The molecule has 1 aliphatic heterocycles. The number of hydrogen-bond acceptors (Lipinski definition) is 6. The Hall–Kier alpha value is -3.39. The first-order chi connectivity index (χ1) is 15.0. The molecule has 1 aromatic heterocycles. The van der Waals surface area contributed by atoms with E-state index in [1.165, 1.54) is 12.1 Å². The molecule has 8 heteroatoms. The highest BCUT2D eigenvalue weighted by atomic mass is 19.1. The lowest BCUT2D eigenvalue weighted by Gasteiger charge is -2.34.